The number of hydrogen-bond acceptors (Lipinski definition) is 3. The fraction of sp³-hybridized carbons (Fsp3) is 0.0667. The molecule has 0 aliphatic carbocycles. The number of hydrazine groups is 1. The predicted octanol–water partition coefficient (Wildman–Crippen LogP) is 1.70. The van der Waals surface area contributed by atoms with Crippen molar-refractivity contribution in [1.29, 1.82) is 0 Å². The Morgan fingerprint density at radius 3 is 2.52 bits per heavy atom. The smallest absolute Gasteiger partial charge is 0.269 e. The van der Waals surface area contributed by atoms with Crippen molar-refractivity contribution in [3.63, 3.8) is 0 Å². The minimum Gasteiger partial charge on any atom is -0.508 e. The molecule has 1 amide bonds. The lowest BCUT2D eigenvalue weighted by atomic mass is 10.2. The van der Waals surface area contributed by atoms with Gasteiger partial charge in [-0.1, -0.05) is 36.4 Å². The Balaban J connectivity index is 1.77. The molecule has 6 heteroatoms. The summed E-state index contributed by atoms with van der Waals surface area (Å²) in [5, 5.41) is 12.6. The number of carbonyl (C=O) groups excluding carboxylic acids is 1. The van der Waals surface area contributed by atoms with E-state index in [4.69, 9.17) is 12.2 Å². The maximum Gasteiger partial charge on any atom is 0.269 e. The summed E-state index contributed by atoms with van der Waals surface area (Å²) < 4.78 is 0. The van der Waals surface area contributed by atoms with Crippen molar-refractivity contribution in [3.8, 4) is 5.75 Å². The summed E-state index contributed by atoms with van der Waals surface area (Å²) in [7, 11) is 0. The molecule has 0 spiro atoms. The second kappa shape index (κ2) is 7.25. The molecule has 0 saturated heterocycles. The summed E-state index contributed by atoms with van der Waals surface area (Å²) in [6, 6.07) is 15.8. The first kappa shape index (κ1) is 14.8. The topological polar surface area (TPSA) is 73.4 Å². The van der Waals surface area contributed by atoms with E-state index in [-0.39, 0.29) is 11.7 Å². The van der Waals surface area contributed by atoms with Crippen molar-refractivity contribution in [2.75, 3.05) is 0 Å². The van der Waals surface area contributed by atoms with Crippen LogP contribution in [0.1, 0.15) is 15.9 Å². The van der Waals surface area contributed by atoms with Gasteiger partial charge >= 0.3 is 0 Å². The molecule has 0 atom stereocenters. The maximum atomic E-state index is 11.8. The fourth-order valence-electron chi connectivity index (χ4n) is 1.66. The van der Waals surface area contributed by atoms with Crippen LogP contribution in [0, 0.1) is 0 Å². The van der Waals surface area contributed by atoms with Gasteiger partial charge in [-0.2, -0.15) is 0 Å². The Hall–Kier alpha value is -2.60. The van der Waals surface area contributed by atoms with Crippen molar-refractivity contribution in [3.05, 3.63) is 65.7 Å². The highest BCUT2D eigenvalue weighted by atomic mass is 32.1. The maximum absolute atomic E-state index is 11.8. The standard InChI is InChI=1S/C15H15N3O2S/c19-13-8-4-7-12(9-13)14(20)17-18-15(21)16-10-11-5-2-1-3-6-11/h1-9,19H,10H2,(H,17,20)(H2,16,18,21). The van der Waals surface area contributed by atoms with Gasteiger partial charge in [0.15, 0.2) is 5.11 Å². The van der Waals surface area contributed by atoms with Crippen LogP contribution in [0.3, 0.4) is 0 Å². The van der Waals surface area contributed by atoms with E-state index in [1.807, 2.05) is 30.3 Å². The molecule has 0 fully saturated rings. The van der Waals surface area contributed by atoms with E-state index in [9.17, 15) is 9.90 Å². The highest BCUT2D eigenvalue weighted by molar-refractivity contribution is 7.80. The number of thiocarbonyl (C=S) groups is 1. The van der Waals surface area contributed by atoms with Crippen LogP contribution >= 0.6 is 12.2 Å². The minimum absolute atomic E-state index is 0.0347. The van der Waals surface area contributed by atoms with Crippen molar-refractivity contribution in [2.45, 2.75) is 6.54 Å². The first-order valence-corrected chi connectivity index (χ1v) is 6.73. The zero-order valence-corrected chi connectivity index (χ0v) is 12.0. The van der Waals surface area contributed by atoms with Gasteiger partial charge in [-0.25, -0.2) is 0 Å². The quantitative estimate of drug-likeness (QED) is 0.513. The lowest BCUT2D eigenvalue weighted by Crippen LogP contribution is -2.46. The number of phenols is 1. The SMILES string of the molecule is O=C(NNC(=S)NCc1ccccc1)c1cccc(O)c1. The average Bonchev–Trinajstić information content (AvgIpc) is 2.51. The number of amides is 1. The normalized spacial score (nSPS) is 9.71. The molecule has 0 aliphatic rings. The van der Waals surface area contributed by atoms with E-state index in [0.29, 0.717) is 17.2 Å². The van der Waals surface area contributed by atoms with E-state index >= 15 is 0 Å². The minimum atomic E-state index is -0.380. The number of nitrogens with one attached hydrogen (secondary N) is 3. The third-order valence-corrected chi connectivity index (χ3v) is 2.94. The van der Waals surface area contributed by atoms with Crippen molar-refractivity contribution in [1.82, 2.24) is 16.2 Å². The van der Waals surface area contributed by atoms with Crippen molar-refractivity contribution < 1.29 is 9.90 Å². The third-order valence-electron chi connectivity index (χ3n) is 2.69. The summed E-state index contributed by atoms with van der Waals surface area (Å²) in [5.41, 5.74) is 6.49. The van der Waals surface area contributed by atoms with Crippen LogP contribution < -0.4 is 16.2 Å². The van der Waals surface area contributed by atoms with Crippen molar-refractivity contribution >= 4 is 23.2 Å². The molecule has 0 aromatic heterocycles. The Morgan fingerprint density at radius 2 is 1.81 bits per heavy atom. The molecular formula is C15H15N3O2S. The van der Waals surface area contributed by atoms with Crippen LogP contribution in [0.25, 0.3) is 0 Å². The summed E-state index contributed by atoms with van der Waals surface area (Å²) in [6.45, 7) is 0.564. The van der Waals surface area contributed by atoms with E-state index in [0.717, 1.165) is 5.56 Å². The molecule has 0 radical (unpaired) electrons. The number of phenolic OH excluding ortho intramolecular Hbond substituents is 1. The molecule has 0 unspecified atom stereocenters. The number of benzene rings is 2. The molecule has 0 aliphatic heterocycles. The number of rotatable bonds is 3. The molecule has 2 rings (SSSR count). The van der Waals surface area contributed by atoms with Crippen LogP contribution in [0.5, 0.6) is 5.75 Å². The molecule has 21 heavy (non-hydrogen) atoms. The largest absolute Gasteiger partial charge is 0.508 e. The zero-order chi connectivity index (χ0) is 15.1. The van der Waals surface area contributed by atoms with Crippen LogP contribution in [0.4, 0.5) is 0 Å². The molecule has 108 valence electrons. The lowest BCUT2D eigenvalue weighted by Gasteiger charge is -2.11. The van der Waals surface area contributed by atoms with Crippen LogP contribution in [-0.4, -0.2) is 16.1 Å². The van der Waals surface area contributed by atoms with E-state index in [2.05, 4.69) is 16.2 Å². The van der Waals surface area contributed by atoms with Crippen LogP contribution in [0.2, 0.25) is 0 Å². The predicted molar refractivity (Wildman–Crippen MR) is 84.6 cm³/mol. The second-order valence-corrected chi connectivity index (χ2v) is 4.71. The van der Waals surface area contributed by atoms with Gasteiger partial charge in [0.05, 0.1) is 0 Å². The monoisotopic (exact) mass is 301 g/mol. The molecule has 2 aromatic carbocycles. The Bertz CT molecular complexity index is 632. The Morgan fingerprint density at radius 1 is 1.05 bits per heavy atom. The number of aromatic hydroxyl groups is 1. The van der Waals surface area contributed by atoms with Gasteiger partial charge in [-0.15, -0.1) is 0 Å². The summed E-state index contributed by atoms with van der Waals surface area (Å²) in [5.74, 6) is -0.345. The molecule has 0 bridgehead atoms. The molecule has 0 saturated carbocycles. The summed E-state index contributed by atoms with van der Waals surface area (Å²) >= 11 is 5.06. The number of carbonyl (C=O) groups is 1. The molecule has 0 heterocycles. The Kier molecular flexibility index (Phi) is 5.11. The first-order valence-electron chi connectivity index (χ1n) is 6.32. The first-order chi connectivity index (χ1) is 10.1. The van der Waals surface area contributed by atoms with E-state index < -0.39 is 0 Å². The molecule has 2 aromatic rings. The van der Waals surface area contributed by atoms with Gasteiger partial charge in [0.1, 0.15) is 5.75 Å². The van der Waals surface area contributed by atoms with Gasteiger partial charge in [0.25, 0.3) is 5.91 Å². The zero-order valence-electron chi connectivity index (χ0n) is 11.2. The van der Waals surface area contributed by atoms with Gasteiger partial charge < -0.3 is 10.4 Å². The fourth-order valence-corrected chi connectivity index (χ4v) is 1.78. The highest BCUT2D eigenvalue weighted by Gasteiger charge is 2.06. The summed E-state index contributed by atoms with van der Waals surface area (Å²) in [6.07, 6.45) is 0. The van der Waals surface area contributed by atoms with E-state index in [1.54, 1.807) is 12.1 Å². The lowest BCUT2D eigenvalue weighted by molar-refractivity contribution is 0.0943. The average molecular weight is 301 g/mol. The molecule has 5 nitrogen and oxygen atoms in total. The van der Waals surface area contributed by atoms with Crippen LogP contribution in [0.15, 0.2) is 54.6 Å². The molecule has 4 N–H and O–H groups in total. The second-order valence-electron chi connectivity index (χ2n) is 4.30. The third kappa shape index (κ3) is 4.77. The van der Waals surface area contributed by atoms with Crippen LogP contribution in [-0.2, 0) is 6.54 Å². The molecular weight excluding hydrogens is 286 g/mol. The van der Waals surface area contributed by atoms with Gasteiger partial charge in [-0.3, -0.25) is 15.6 Å². The van der Waals surface area contributed by atoms with Crippen molar-refractivity contribution in [2.24, 2.45) is 0 Å². The van der Waals surface area contributed by atoms with E-state index in [1.165, 1.54) is 12.1 Å². The van der Waals surface area contributed by atoms with Gasteiger partial charge in [0.2, 0.25) is 0 Å². The number of hydrogen-bond donors (Lipinski definition) is 4. The highest BCUT2D eigenvalue weighted by Crippen LogP contribution is 2.10. The van der Waals surface area contributed by atoms with Gasteiger partial charge in [-0.05, 0) is 36.0 Å². The Labute approximate surface area is 128 Å². The van der Waals surface area contributed by atoms with Gasteiger partial charge in [0, 0.05) is 12.1 Å². The summed E-state index contributed by atoms with van der Waals surface area (Å²) in [4.78, 5) is 11.8.